The summed E-state index contributed by atoms with van der Waals surface area (Å²) in [5.41, 5.74) is 0. The van der Waals surface area contributed by atoms with Crippen LogP contribution in [-0.2, 0) is 24.3 Å². The van der Waals surface area contributed by atoms with Gasteiger partial charge in [-0.15, -0.1) is 0 Å². The Morgan fingerprint density at radius 2 is 1.07 bits per heavy atom. The van der Waals surface area contributed by atoms with E-state index in [0.29, 0.717) is 25.9 Å². The molecule has 0 fully saturated rings. The number of ether oxygens (including phenoxy) is 2. The maximum Gasteiger partial charge on any atom is 0.306 e. The van der Waals surface area contributed by atoms with Crippen LogP contribution < -0.4 is 4.72 Å². The molecule has 0 aliphatic heterocycles. The van der Waals surface area contributed by atoms with Gasteiger partial charge in [0.2, 0.25) is 10.0 Å². The average Bonchev–Trinajstić information content (AvgIpc) is 3.02. The Labute approximate surface area is 279 Å². The molecule has 0 unspecified atom stereocenters. The van der Waals surface area contributed by atoms with E-state index < -0.39 is 16.1 Å². The molecule has 270 valence electrons. The molecule has 0 aromatic rings. The van der Waals surface area contributed by atoms with Crippen molar-refractivity contribution in [3.05, 3.63) is 0 Å². The second-order valence-corrected chi connectivity index (χ2v) is 15.1. The molecule has 0 aliphatic rings. The number of carbonyl (C=O) groups excluding carboxylic acids is 1. The third kappa shape index (κ3) is 31.7. The van der Waals surface area contributed by atoms with E-state index in [2.05, 4.69) is 25.5 Å². The Bertz CT molecular complexity index is 732. The van der Waals surface area contributed by atoms with Gasteiger partial charge in [-0.1, -0.05) is 156 Å². The zero-order chi connectivity index (χ0) is 33.3. The van der Waals surface area contributed by atoms with Crippen molar-refractivity contribution in [3.63, 3.8) is 0 Å². The predicted molar refractivity (Wildman–Crippen MR) is 190 cm³/mol. The number of carbonyl (C=O) groups is 1. The molecule has 0 aromatic carbocycles. The van der Waals surface area contributed by atoms with Crippen molar-refractivity contribution >= 4 is 16.0 Å². The fourth-order valence-corrected chi connectivity index (χ4v) is 7.07. The van der Waals surface area contributed by atoms with Crippen LogP contribution in [0.2, 0.25) is 0 Å². The van der Waals surface area contributed by atoms with Crippen LogP contribution in [0.3, 0.4) is 0 Å². The van der Waals surface area contributed by atoms with Crippen LogP contribution in [0.1, 0.15) is 194 Å². The van der Waals surface area contributed by atoms with Gasteiger partial charge in [0, 0.05) is 12.8 Å². The van der Waals surface area contributed by atoms with E-state index in [1.54, 1.807) is 0 Å². The summed E-state index contributed by atoms with van der Waals surface area (Å²) in [6.45, 7) is 6.82. The van der Waals surface area contributed by atoms with Crippen LogP contribution in [0.5, 0.6) is 0 Å². The number of esters is 1. The molecule has 0 saturated carbocycles. The quantitative estimate of drug-likeness (QED) is 0.0512. The van der Waals surface area contributed by atoms with E-state index in [1.807, 2.05) is 0 Å². The van der Waals surface area contributed by atoms with Gasteiger partial charge in [-0.3, -0.25) is 4.79 Å². The minimum absolute atomic E-state index is 0.0784. The number of nitrogens with one attached hydrogen (secondary N) is 1. The summed E-state index contributed by atoms with van der Waals surface area (Å²) in [6, 6.07) is -0.667. The molecule has 45 heavy (non-hydrogen) atoms. The Kier molecular flexibility index (Phi) is 32.7. The molecular weight excluding hydrogens is 586 g/mol. The molecule has 0 aromatic heterocycles. The summed E-state index contributed by atoms with van der Waals surface area (Å²) in [5, 5.41) is 9.76. The SMILES string of the molecule is CCCCCCCCCCCCS(=O)(=O)N[C@@H](CO)COCC[C@@H](CCCCCCC)OC(=O)CCCCCCCCCCC. The van der Waals surface area contributed by atoms with Gasteiger partial charge in [0.15, 0.2) is 0 Å². The zero-order valence-corrected chi connectivity index (χ0v) is 30.8. The molecular formula is C37H75NO6S. The zero-order valence-electron chi connectivity index (χ0n) is 30.0. The highest BCUT2D eigenvalue weighted by Crippen LogP contribution is 2.16. The lowest BCUT2D eigenvalue weighted by atomic mass is 10.1. The molecule has 2 atom stereocenters. The molecule has 0 radical (unpaired) electrons. The van der Waals surface area contributed by atoms with Crippen LogP contribution in [-0.4, -0.2) is 57.2 Å². The van der Waals surface area contributed by atoms with Crippen molar-refractivity contribution in [1.82, 2.24) is 4.72 Å². The number of aliphatic hydroxyl groups excluding tert-OH is 1. The van der Waals surface area contributed by atoms with Crippen molar-refractivity contribution < 1.29 is 27.8 Å². The van der Waals surface area contributed by atoms with E-state index in [4.69, 9.17) is 9.47 Å². The second-order valence-electron chi connectivity index (χ2n) is 13.3. The molecule has 0 amide bonds. The molecule has 2 N–H and O–H groups in total. The second kappa shape index (κ2) is 33.2. The van der Waals surface area contributed by atoms with E-state index >= 15 is 0 Å². The topological polar surface area (TPSA) is 102 Å². The van der Waals surface area contributed by atoms with Gasteiger partial charge in [-0.25, -0.2) is 13.1 Å². The lowest BCUT2D eigenvalue weighted by Gasteiger charge is -2.20. The summed E-state index contributed by atoms with van der Waals surface area (Å²) in [4.78, 5) is 12.6. The van der Waals surface area contributed by atoms with Crippen LogP contribution >= 0.6 is 0 Å². The van der Waals surface area contributed by atoms with Gasteiger partial charge in [-0.05, 0) is 25.7 Å². The van der Waals surface area contributed by atoms with Crippen molar-refractivity contribution in [1.29, 1.82) is 0 Å². The van der Waals surface area contributed by atoms with Crippen LogP contribution in [0.4, 0.5) is 0 Å². The highest BCUT2D eigenvalue weighted by Gasteiger charge is 2.19. The highest BCUT2D eigenvalue weighted by atomic mass is 32.2. The fourth-order valence-electron chi connectivity index (χ4n) is 5.72. The normalized spacial score (nSPS) is 13.2. The van der Waals surface area contributed by atoms with Crippen LogP contribution in [0.15, 0.2) is 0 Å². The summed E-state index contributed by atoms with van der Waals surface area (Å²) in [6.07, 6.45) is 29.9. The van der Waals surface area contributed by atoms with Crippen LogP contribution in [0.25, 0.3) is 0 Å². The first kappa shape index (κ1) is 44.3. The Morgan fingerprint density at radius 1 is 0.622 bits per heavy atom. The molecule has 0 heterocycles. The molecule has 7 nitrogen and oxygen atoms in total. The van der Waals surface area contributed by atoms with E-state index in [1.165, 1.54) is 109 Å². The summed E-state index contributed by atoms with van der Waals surface area (Å²) >= 11 is 0. The Morgan fingerprint density at radius 3 is 1.56 bits per heavy atom. The molecule has 0 bridgehead atoms. The van der Waals surface area contributed by atoms with E-state index in [-0.39, 0.29) is 31.0 Å². The number of unbranched alkanes of at least 4 members (excludes halogenated alkanes) is 21. The minimum Gasteiger partial charge on any atom is -0.462 e. The summed E-state index contributed by atoms with van der Waals surface area (Å²) < 4.78 is 39.4. The number of aliphatic hydroxyl groups is 1. The molecule has 0 saturated heterocycles. The predicted octanol–water partition coefficient (Wildman–Crippen LogP) is 9.79. The van der Waals surface area contributed by atoms with Gasteiger partial charge < -0.3 is 14.6 Å². The van der Waals surface area contributed by atoms with Gasteiger partial charge >= 0.3 is 5.97 Å². The van der Waals surface area contributed by atoms with Crippen molar-refractivity contribution in [2.24, 2.45) is 0 Å². The molecule has 0 rings (SSSR count). The number of sulfonamides is 1. The minimum atomic E-state index is -3.47. The number of hydrogen-bond acceptors (Lipinski definition) is 6. The van der Waals surface area contributed by atoms with E-state index in [0.717, 1.165) is 44.9 Å². The maximum atomic E-state index is 12.6. The highest BCUT2D eigenvalue weighted by molar-refractivity contribution is 7.89. The number of hydrogen-bond donors (Lipinski definition) is 2. The monoisotopic (exact) mass is 662 g/mol. The summed E-state index contributed by atoms with van der Waals surface area (Å²) in [5.74, 6) is -0.0425. The third-order valence-electron chi connectivity index (χ3n) is 8.65. The van der Waals surface area contributed by atoms with E-state index in [9.17, 15) is 18.3 Å². The van der Waals surface area contributed by atoms with Crippen molar-refractivity contribution in [2.45, 2.75) is 206 Å². The molecule has 0 aliphatic carbocycles. The standard InChI is InChI=1S/C37H75NO6S/c1-4-7-10-13-15-17-19-21-24-27-32-45(41,42)38-35(33-39)34-43-31-30-36(28-25-22-12-9-6-3)44-37(40)29-26-23-20-18-16-14-11-8-5-2/h35-36,38-39H,4-34H2,1-3H3/t35-,36+/m0/s1. The first-order valence-electron chi connectivity index (χ1n) is 19.3. The van der Waals surface area contributed by atoms with Crippen LogP contribution in [0, 0.1) is 0 Å². The Balaban J connectivity index is 4.31. The van der Waals surface area contributed by atoms with Crippen molar-refractivity contribution in [3.8, 4) is 0 Å². The maximum absolute atomic E-state index is 12.6. The number of rotatable bonds is 36. The van der Waals surface area contributed by atoms with Gasteiger partial charge in [0.25, 0.3) is 0 Å². The average molecular weight is 662 g/mol. The lowest BCUT2D eigenvalue weighted by molar-refractivity contribution is -0.150. The third-order valence-corrected chi connectivity index (χ3v) is 10.2. The Hall–Kier alpha value is -0.700. The smallest absolute Gasteiger partial charge is 0.306 e. The van der Waals surface area contributed by atoms with Gasteiger partial charge in [0.1, 0.15) is 6.10 Å². The molecule has 8 heteroatoms. The largest absolute Gasteiger partial charge is 0.462 e. The molecule has 0 spiro atoms. The summed E-state index contributed by atoms with van der Waals surface area (Å²) in [7, 11) is -3.47. The van der Waals surface area contributed by atoms with Gasteiger partial charge in [0.05, 0.1) is 31.6 Å². The fraction of sp³-hybridized carbons (Fsp3) is 0.973. The first-order valence-corrected chi connectivity index (χ1v) is 20.9. The van der Waals surface area contributed by atoms with Crippen molar-refractivity contribution in [2.75, 3.05) is 25.6 Å². The van der Waals surface area contributed by atoms with Gasteiger partial charge in [-0.2, -0.15) is 0 Å². The lowest BCUT2D eigenvalue weighted by Crippen LogP contribution is -2.42. The first-order chi connectivity index (χ1) is 21.9.